The summed E-state index contributed by atoms with van der Waals surface area (Å²) in [4.78, 5) is 14.1. The maximum atomic E-state index is 11.7. The molecule has 212 valence electrons. The van der Waals surface area contributed by atoms with E-state index >= 15 is 0 Å². The molecule has 3 aromatic rings. The number of nitrogens with zero attached hydrogens (tertiary/aromatic N) is 1. The van der Waals surface area contributed by atoms with Crippen LogP contribution in [-0.2, 0) is 33.8 Å². The van der Waals surface area contributed by atoms with Gasteiger partial charge in [0.05, 0.1) is 33.0 Å². The summed E-state index contributed by atoms with van der Waals surface area (Å²) in [5, 5.41) is 12.4. The van der Waals surface area contributed by atoms with Crippen molar-refractivity contribution in [2.45, 2.75) is 51.9 Å². The van der Waals surface area contributed by atoms with Crippen molar-refractivity contribution in [1.29, 1.82) is 0 Å². The van der Waals surface area contributed by atoms with Crippen LogP contribution in [0.5, 0.6) is 11.5 Å². The van der Waals surface area contributed by atoms with Gasteiger partial charge in [-0.3, -0.25) is 9.69 Å². The summed E-state index contributed by atoms with van der Waals surface area (Å²) in [7, 11) is 3.33. The maximum absolute atomic E-state index is 11.7. The Kier molecular flexibility index (Phi) is 8.71. The van der Waals surface area contributed by atoms with Crippen LogP contribution < -0.4 is 14.8 Å². The second kappa shape index (κ2) is 12.4. The van der Waals surface area contributed by atoms with Crippen LogP contribution in [0, 0.1) is 5.92 Å². The minimum Gasteiger partial charge on any atom is -0.493 e. The van der Waals surface area contributed by atoms with Crippen LogP contribution in [0.2, 0.25) is 0 Å². The molecule has 2 heterocycles. The van der Waals surface area contributed by atoms with E-state index in [-0.39, 0.29) is 30.6 Å². The highest BCUT2D eigenvalue weighted by molar-refractivity contribution is 5.88. The molecule has 8 heteroatoms. The van der Waals surface area contributed by atoms with Gasteiger partial charge in [0.1, 0.15) is 0 Å². The Bertz CT molecular complexity index is 1330. The Balaban J connectivity index is 1.40. The third-order valence-electron chi connectivity index (χ3n) is 7.84. The number of aliphatic hydroxyl groups is 1. The van der Waals surface area contributed by atoms with Crippen molar-refractivity contribution in [3.8, 4) is 11.5 Å². The van der Waals surface area contributed by atoms with E-state index in [0.717, 1.165) is 54.2 Å². The van der Waals surface area contributed by atoms with Gasteiger partial charge in [-0.1, -0.05) is 43.3 Å². The molecular weight excluding hydrogens is 508 g/mol. The number of amides is 1. The molecule has 5 rings (SSSR count). The van der Waals surface area contributed by atoms with Gasteiger partial charge in [0.2, 0.25) is 5.91 Å². The van der Waals surface area contributed by atoms with Crippen LogP contribution in [0.15, 0.2) is 60.7 Å². The molecule has 1 amide bonds. The Morgan fingerprint density at radius 1 is 1.00 bits per heavy atom. The number of fused-ring (bicyclic) bond motifs is 1. The summed E-state index contributed by atoms with van der Waals surface area (Å²) in [6.07, 6.45) is 0.00947. The quantitative estimate of drug-likeness (QED) is 0.411. The third kappa shape index (κ3) is 6.15. The highest BCUT2D eigenvalue weighted by atomic mass is 16.7. The van der Waals surface area contributed by atoms with Crippen molar-refractivity contribution < 1.29 is 28.8 Å². The van der Waals surface area contributed by atoms with Crippen LogP contribution in [0.4, 0.5) is 5.69 Å². The minimum absolute atomic E-state index is 0.00124. The minimum atomic E-state index is -0.598. The molecule has 2 aliphatic rings. The number of carbonyl (C=O) groups is 1. The summed E-state index contributed by atoms with van der Waals surface area (Å²) in [6, 6.07) is 19.7. The molecule has 2 N–H and O–H groups in total. The number of carbonyl (C=O) groups excluding carboxylic acids is 1. The van der Waals surface area contributed by atoms with E-state index in [1.807, 2.05) is 48.5 Å². The first kappa shape index (κ1) is 28.1. The molecule has 1 saturated heterocycles. The zero-order valence-corrected chi connectivity index (χ0v) is 23.6. The van der Waals surface area contributed by atoms with Crippen LogP contribution >= 0.6 is 0 Å². The monoisotopic (exact) mass is 546 g/mol. The number of rotatable bonds is 8. The molecule has 4 atom stereocenters. The lowest BCUT2D eigenvalue weighted by molar-refractivity contribution is -0.276. The smallest absolute Gasteiger partial charge is 0.221 e. The zero-order chi connectivity index (χ0) is 28.2. The van der Waals surface area contributed by atoms with Crippen molar-refractivity contribution >= 4 is 11.6 Å². The summed E-state index contributed by atoms with van der Waals surface area (Å²) >= 11 is 0. The van der Waals surface area contributed by atoms with Crippen LogP contribution in [0.25, 0.3) is 0 Å². The second-order valence-electron chi connectivity index (χ2n) is 10.6. The Hall–Kier alpha value is -3.43. The molecule has 0 aromatic heterocycles. The van der Waals surface area contributed by atoms with Gasteiger partial charge in [-0.15, -0.1) is 0 Å². The van der Waals surface area contributed by atoms with E-state index in [1.165, 1.54) is 18.1 Å². The standard InChI is InChI=1S/C32H38N2O6/c1-20-30(18-34-13-12-24-15-28(37-3)29(38-4)16-26(24)17-34)39-32(25-6-5-7-27(14-25)33-21(2)36)40-31(20)23-10-8-22(19-35)9-11-23/h5-11,14-16,20,30-32,35H,12-13,17-19H2,1-4H3,(H,33,36)/t20-,30+,31+,32+/m0/s1. The fraction of sp³-hybridized carbons (Fsp3) is 0.406. The van der Waals surface area contributed by atoms with Crippen molar-refractivity contribution in [3.05, 3.63) is 88.5 Å². The van der Waals surface area contributed by atoms with Crippen molar-refractivity contribution in [2.75, 3.05) is 32.6 Å². The van der Waals surface area contributed by atoms with Gasteiger partial charge >= 0.3 is 0 Å². The molecular formula is C32H38N2O6. The molecule has 0 unspecified atom stereocenters. The van der Waals surface area contributed by atoms with Gasteiger partial charge in [0.15, 0.2) is 17.8 Å². The summed E-state index contributed by atoms with van der Waals surface area (Å²) in [6.45, 7) is 6.11. The number of benzene rings is 3. The Morgan fingerprint density at radius 2 is 1.73 bits per heavy atom. The largest absolute Gasteiger partial charge is 0.493 e. The van der Waals surface area contributed by atoms with Crippen molar-refractivity contribution in [3.63, 3.8) is 0 Å². The zero-order valence-electron chi connectivity index (χ0n) is 23.6. The normalized spacial score (nSPS) is 22.8. The Labute approximate surface area is 235 Å². The van der Waals surface area contributed by atoms with Gasteiger partial charge in [0, 0.05) is 43.7 Å². The highest BCUT2D eigenvalue weighted by Gasteiger charge is 2.39. The Morgan fingerprint density at radius 3 is 2.40 bits per heavy atom. The van der Waals surface area contributed by atoms with E-state index in [2.05, 4.69) is 29.3 Å². The summed E-state index contributed by atoms with van der Waals surface area (Å²) < 4.78 is 24.3. The molecule has 0 spiro atoms. The van der Waals surface area contributed by atoms with Crippen LogP contribution in [-0.4, -0.2) is 49.3 Å². The number of ether oxygens (including phenoxy) is 4. The van der Waals surface area contributed by atoms with Gasteiger partial charge in [-0.05, 0) is 52.9 Å². The predicted molar refractivity (Wildman–Crippen MR) is 152 cm³/mol. The second-order valence-corrected chi connectivity index (χ2v) is 10.6. The first-order valence-electron chi connectivity index (χ1n) is 13.7. The first-order chi connectivity index (χ1) is 19.4. The molecule has 3 aromatic carbocycles. The fourth-order valence-electron chi connectivity index (χ4n) is 5.65. The maximum Gasteiger partial charge on any atom is 0.221 e. The lowest BCUT2D eigenvalue weighted by Gasteiger charge is -2.43. The number of hydrogen-bond acceptors (Lipinski definition) is 7. The lowest BCUT2D eigenvalue weighted by Crippen LogP contribution is -2.45. The molecule has 8 nitrogen and oxygen atoms in total. The summed E-state index contributed by atoms with van der Waals surface area (Å²) in [5.41, 5.74) is 5.97. The molecule has 2 aliphatic heterocycles. The van der Waals surface area contributed by atoms with Crippen molar-refractivity contribution in [1.82, 2.24) is 4.90 Å². The van der Waals surface area contributed by atoms with E-state index in [9.17, 15) is 9.90 Å². The molecule has 0 radical (unpaired) electrons. The number of nitrogens with one attached hydrogen (secondary N) is 1. The molecule has 0 saturated carbocycles. The molecule has 1 fully saturated rings. The average Bonchev–Trinajstić information content (AvgIpc) is 2.97. The lowest BCUT2D eigenvalue weighted by atomic mass is 9.89. The highest BCUT2D eigenvalue weighted by Crippen LogP contribution is 2.42. The first-order valence-corrected chi connectivity index (χ1v) is 13.7. The molecule has 0 bridgehead atoms. The fourth-order valence-corrected chi connectivity index (χ4v) is 5.65. The molecule has 40 heavy (non-hydrogen) atoms. The van der Waals surface area contributed by atoms with E-state index in [0.29, 0.717) is 5.69 Å². The third-order valence-corrected chi connectivity index (χ3v) is 7.84. The number of anilines is 1. The number of hydrogen-bond donors (Lipinski definition) is 2. The van der Waals surface area contributed by atoms with Gasteiger partial charge in [0.25, 0.3) is 0 Å². The van der Waals surface area contributed by atoms with E-state index in [4.69, 9.17) is 18.9 Å². The average molecular weight is 547 g/mol. The van der Waals surface area contributed by atoms with E-state index < -0.39 is 6.29 Å². The number of aliphatic hydroxyl groups excluding tert-OH is 1. The number of methoxy groups -OCH3 is 2. The predicted octanol–water partition coefficient (Wildman–Crippen LogP) is 5.00. The van der Waals surface area contributed by atoms with Crippen LogP contribution in [0.1, 0.15) is 54.1 Å². The van der Waals surface area contributed by atoms with Crippen LogP contribution in [0.3, 0.4) is 0 Å². The van der Waals surface area contributed by atoms with E-state index in [1.54, 1.807) is 14.2 Å². The van der Waals surface area contributed by atoms with Gasteiger partial charge in [-0.2, -0.15) is 0 Å². The molecule has 0 aliphatic carbocycles. The topological polar surface area (TPSA) is 89.5 Å². The SMILES string of the molecule is COc1cc2c(cc1OC)CN(C[C@H]1O[C@@H](c3cccc(NC(C)=O)c3)O[C@@H](c3ccc(CO)cc3)[C@H]1C)CC2. The van der Waals surface area contributed by atoms with Gasteiger partial charge in [-0.25, -0.2) is 0 Å². The van der Waals surface area contributed by atoms with Crippen molar-refractivity contribution in [2.24, 2.45) is 5.92 Å². The summed E-state index contributed by atoms with van der Waals surface area (Å²) in [5.74, 6) is 1.44. The van der Waals surface area contributed by atoms with Gasteiger partial charge < -0.3 is 29.4 Å².